The first-order valence-electron chi connectivity index (χ1n) is 6.50. The van der Waals surface area contributed by atoms with Gasteiger partial charge in [-0.3, -0.25) is 4.79 Å². The summed E-state index contributed by atoms with van der Waals surface area (Å²) in [6, 6.07) is 7.90. The molecule has 0 bridgehead atoms. The van der Waals surface area contributed by atoms with Gasteiger partial charge in [-0.15, -0.1) is 11.8 Å². The number of nitrogens with zero attached hydrogens (tertiary/aromatic N) is 1. The van der Waals surface area contributed by atoms with Crippen LogP contribution in [0.1, 0.15) is 18.4 Å². The lowest BCUT2D eigenvalue weighted by atomic mass is 10.1. The highest BCUT2D eigenvalue weighted by molar-refractivity contribution is 7.99. The molecule has 0 saturated carbocycles. The van der Waals surface area contributed by atoms with Crippen LogP contribution in [0, 0.1) is 0 Å². The normalized spacial score (nSPS) is 19.5. The maximum atomic E-state index is 12.0. The van der Waals surface area contributed by atoms with Gasteiger partial charge in [0.25, 0.3) is 0 Å². The molecule has 3 nitrogen and oxygen atoms in total. The van der Waals surface area contributed by atoms with Crippen LogP contribution in [0.2, 0.25) is 5.02 Å². The molecule has 104 valence electrons. The molecule has 1 aliphatic rings. The highest BCUT2D eigenvalue weighted by atomic mass is 35.5. The Balaban J connectivity index is 1.73. The number of halogens is 1. The Bertz CT molecular complexity index is 424. The highest BCUT2D eigenvalue weighted by Crippen LogP contribution is 2.17. The molecule has 5 heteroatoms. The van der Waals surface area contributed by atoms with E-state index < -0.39 is 0 Å². The third-order valence-electron chi connectivity index (χ3n) is 3.22. The zero-order valence-electron chi connectivity index (χ0n) is 10.8. The summed E-state index contributed by atoms with van der Waals surface area (Å²) in [6.45, 7) is 1.56. The van der Waals surface area contributed by atoms with E-state index in [4.69, 9.17) is 17.3 Å². The first-order chi connectivity index (χ1) is 9.15. The summed E-state index contributed by atoms with van der Waals surface area (Å²) >= 11 is 7.47. The monoisotopic (exact) mass is 298 g/mol. The zero-order valence-corrected chi connectivity index (χ0v) is 12.4. The standard InChI is InChI=1S/C14H19ClN2OS/c15-12-5-3-11(4-6-12)9-19-10-14(18)17-7-1-2-13(16)8-17/h3-6,13H,1-2,7-10,16H2. The van der Waals surface area contributed by atoms with Gasteiger partial charge in [0.1, 0.15) is 0 Å². The van der Waals surface area contributed by atoms with Crippen LogP contribution in [-0.2, 0) is 10.5 Å². The summed E-state index contributed by atoms with van der Waals surface area (Å²) in [5.74, 6) is 1.56. The molecule has 1 aromatic rings. The number of nitrogens with two attached hydrogens (primary N) is 1. The number of carbonyl (C=O) groups excluding carboxylic acids is 1. The van der Waals surface area contributed by atoms with E-state index in [9.17, 15) is 4.79 Å². The second-order valence-corrected chi connectivity index (χ2v) is 6.28. The van der Waals surface area contributed by atoms with Gasteiger partial charge in [-0.1, -0.05) is 23.7 Å². The van der Waals surface area contributed by atoms with Gasteiger partial charge in [0.15, 0.2) is 0 Å². The van der Waals surface area contributed by atoms with Crippen molar-refractivity contribution in [3.63, 3.8) is 0 Å². The average molecular weight is 299 g/mol. The summed E-state index contributed by atoms with van der Waals surface area (Å²) in [7, 11) is 0. The molecular weight excluding hydrogens is 280 g/mol. The van der Waals surface area contributed by atoms with E-state index in [1.165, 1.54) is 5.56 Å². The Hall–Kier alpha value is -0.710. The van der Waals surface area contributed by atoms with E-state index >= 15 is 0 Å². The Kier molecular flexibility index (Phi) is 5.55. The average Bonchev–Trinajstić information content (AvgIpc) is 2.41. The molecule has 0 aliphatic carbocycles. The summed E-state index contributed by atoms with van der Waals surface area (Å²) in [4.78, 5) is 13.9. The molecule has 19 heavy (non-hydrogen) atoms. The molecular formula is C14H19ClN2OS. The SMILES string of the molecule is NC1CCCN(C(=O)CSCc2ccc(Cl)cc2)C1. The predicted molar refractivity (Wildman–Crippen MR) is 81.4 cm³/mol. The molecule has 1 fully saturated rings. The number of amides is 1. The van der Waals surface area contributed by atoms with Crippen LogP contribution in [0.25, 0.3) is 0 Å². The van der Waals surface area contributed by atoms with Crippen LogP contribution in [-0.4, -0.2) is 35.7 Å². The van der Waals surface area contributed by atoms with Crippen molar-refractivity contribution in [3.05, 3.63) is 34.9 Å². The van der Waals surface area contributed by atoms with Gasteiger partial charge in [-0.25, -0.2) is 0 Å². The van der Waals surface area contributed by atoms with Crippen LogP contribution in [0.15, 0.2) is 24.3 Å². The summed E-state index contributed by atoms with van der Waals surface area (Å²) < 4.78 is 0. The van der Waals surface area contributed by atoms with Gasteiger partial charge in [0.05, 0.1) is 5.75 Å². The molecule has 1 aromatic carbocycles. The maximum Gasteiger partial charge on any atom is 0.232 e. The van der Waals surface area contributed by atoms with E-state index in [0.717, 1.165) is 30.2 Å². The third-order valence-corrected chi connectivity index (χ3v) is 4.46. The van der Waals surface area contributed by atoms with Gasteiger partial charge in [0.2, 0.25) is 5.91 Å². The second-order valence-electron chi connectivity index (χ2n) is 4.86. The maximum absolute atomic E-state index is 12.0. The lowest BCUT2D eigenvalue weighted by Gasteiger charge is -2.30. The molecule has 1 unspecified atom stereocenters. The number of hydrogen-bond acceptors (Lipinski definition) is 3. The Labute approximate surface area is 123 Å². The predicted octanol–water partition coefficient (Wildman–Crippen LogP) is 2.52. The zero-order chi connectivity index (χ0) is 13.7. The highest BCUT2D eigenvalue weighted by Gasteiger charge is 2.20. The minimum atomic E-state index is 0.152. The van der Waals surface area contributed by atoms with Crippen LogP contribution in [0.5, 0.6) is 0 Å². The molecule has 2 N–H and O–H groups in total. The number of rotatable bonds is 4. The first-order valence-corrected chi connectivity index (χ1v) is 8.04. The van der Waals surface area contributed by atoms with Crippen molar-refractivity contribution in [2.24, 2.45) is 5.73 Å². The van der Waals surface area contributed by atoms with Crippen molar-refractivity contribution in [2.75, 3.05) is 18.8 Å². The molecule has 1 atom stereocenters. The lowest BCUT2D eigenvalue weighted by Crippen LogP contribution is -2.46. The van der Waals surface area contributed by atoms with Gasteiger partial charge in [0, 0.05) is 29.9 Å². The lowest BCUT2D eigenvalue weighted by molar-refractivity contribution is -0.129. The first kappa shape index (κ1) is 14.7. The quantitative estimate of drug-likeness (QED) is 0.929. The van der Waals surface area contributed by atoms with Crippen molar-refractivity contribution in [1.29, 1.82) is 0 Å². The summed E-state index contributed by atoms with van der Waals surface area (Å²) in [5, 5.41) is 0.743. The molecule has 2 rings (SSSR count). The Morgan fingerprint density at radius 3 is 2.84 bits per heavy atom. The number of carbonyl (C=O) groups is 1. The Morgan fingerprint density at radius 1 is 1.42 bits per heavy atom. The van der Waals surface area contributed by atoms with Gasteiger partial charge in [-0.05, 0) is 30.5 Å². The fourth-order valence-electron chi connectivity index (χ4n) is 2.16. The van der Waals surface area contributed by atoms with Crippen LogP contribution in [0.3, 0.4) is 0 Å². The molecule has 1 amide bonds. The minimum Gasteiger partial charge on any atom is -0.340 e. The fourth-order valence-corrected chi connectivity index (χ4v) is 3.18. The van der Waals surface area contributed by atoms with Gasteiger partial charge >= 0.3 is 0 Å². The second kappa shape index (κ2) is 7.17. The van der Waals surface area contributed by atoms with E-state index in [2.05, 4.69) is 0 Å². The Morgan fingerprint density at radius 2 is 2.16 bits per heavy atom. The molecule has 0 radical (unpaired) electrons. The summed E-state index contributed by atoms with van der Waals surface area (Å²) in [6.07, 6.45) is 2.05. The van der Waals surface area contributed by atoms with Crippen molar-refractivity contribution in [2.45, 2.75) is 24.6 Å². The third kappa shape index (κ3) is 4.71. The molecule has 1 aliphatic heterocycles. The fraction of sp³-hybridized carbons (Fsp3) is 0.500. The number of benzene rings is 1. The molecule has 0 aromatic heterocycles. The van der Waals surface area contributed by atoms with Crippen LogP contribution >= 0.6 is 23.4 Å². The van der Waals surface area contributed by atoms with Crippen LogP contribution in [0.4, 0.5) is 0 Å². The van der Waals surface area contributed by atoms with Gasteiger partial charge in [-0.2, -0.15) is 0 Å². The van der Waals surface area contributed by atoms with Gasteiger partial charge < -0.3 is 10.6 Å². The number of likely N-dealkylation sites (tertiary alicyclic amines) is 1. The van der Waals surface area contributed by atoms with E-state index in [1.807, 2.05) is 29.2 Å². The number of hydrogen-bond donors (Lipinski definition) is 1. The largest absolute Gasteiger partial charge is 0.340 e. The summed E-state index contributed by atoms with van der Waals surface area (Å²) in [5.41, 5.74) is 7.08. The van der Waals surface area contributed by atoms with Crippen molar-refractivity contribution in [1.82, 2.24) is 4.90 Å². The molecule has 1 heterocycles. The van der Waals surface area contributed by atoms with Crippen molar-refractivity contribution in [3.8, 4) is 0 Å². The number of thioether (sulfide) groups is 1. The van der Waals surface area contributed by atoms with Crippen molar-refractivity contribution >= 4 is 29.3 Å². The van der Waals surface area contributed by atoms with Crippen molar-refractivity contribution < 1.29 is 4.79 Å². The molecule has 1 saturated heterocycles. The molecule has 0 spiro atoms. The topological polar surface area (TPSA) is 46.3 Å². The van der Waals surface area contributed by atoms with E-state index in [1.54, 1.807) is 11.8 Å². The van der Waals surface area contributed by atoms with Crippen LogP contribution < -0.4 is 5.73 Å². The smallest absolute Gasteiger partial charge is 0.232 e. The van der Waals surface area contributed by atoms with E-state index in [0.29, 0.717) is 12.3 Å². The van der Waals surface area contributed by atoms with E-state index in [-0.39, 0.29) is 11.9 Å². The minimum absolute atomic E-state index is 0.152. The number of piperidine rings is 1.